The zero-order chi connectivity index (χ0) is 21.0. The van der Waals surface area contributed by atoms with Gasteiger partial charge in [0, 0.05) is 11.4 Å². The van der Waals surface area contributed by atoms with E-state index < -0.39 is 0 Å². The third-order valence-electron chi connectivity index (χ3n) is 4.67. The fourth-order valence-electron chi connectivity index (χ4n) is 3.16. The van der Waals surface area contributed by atoms with Gasteiger partial charge in [0.05, 0.1) is 12.8 Å². The zero-order valence-electron chi connectivity index (χ0n) is 17.5. The Morgan fingerprint density at radius 3 is 2.59 bits per heavy atom. The van der Waals surface area contributed by atoms with Crippen LogP contribution in [0.5, 0.6) is 5.75 Å². The van der Waals surface area contributed by atoms with Gasteiger partial charge in [0.2, 0.25) is 5.95 Å². The second-order valence-corrected chi connectivity index (χ2v) is 6.96. The smallest absolute Gasteiger partial charge is 0.274 e. The van der Waals surface area contributed by atoms with Crippen LogP contribution < -0.4 is 15.4 Å². The summed E-state index contributed by atoms with van der Waals surface area (Å²) < 4.78 is 5.40. The van der Waals surface area contributed by atoms with Crippen LogP contribution in [0.25, 0.3) is 0 Å². The maximum atomic E-state index is 12.9. The van der Waals surface area contributed by atoms with Gasteiger partial charge in [-0.15, -0.1) is 0 Å². The van der Waals surface area contributed by atoms with Crippen LogP contribution >= 0.6 is 0 Å². The molecular formula is C23H26N4O2. The zero-order valence-corrected chi connectivity index (χ0v) is 17.5. The summed E-state index contributed by atoms with van der Waals surface area (Å²) in [6.45, 7) is 7.88. The van der Waals surface area contributed by atoms with E-state index in [1.54, 1.807) is 13.2 Å². The Kier molecular flexibility index (Phi) is 6.12. The van der Waals surface area contributed by atoms with Crippen molar-refractivity contribution in [1.29, 1.82) is 0 Å². The third kappa shape index (κ3) is 4.71. The number of nitrogens with zero attached hydrogens (tertiary/aromatic N) is 2. The molecular weight excluding hydrogens is 364 g/mol. The topological polar surface area (TPSA) is 76.1 Å². The molecule has 0 aliphatic heterocycles. The van der Waals surface area contributed by atoms with Gasteiger partial charge in [-0.05, 0) is 62.1 Å². The predicted molar refractivity (Wildman–Crippen MR) is 116 cm³/mol. The largest absolute Gasteiger partial charge is 0.495 e. The van der Waals surface area contributed by atoms with Crippen molar-refractivity contribution in [3.05, 3.63) is 70.5 Å². The fourth-order valence-corrected chi connectivity index (χ4v) is 3.16. The highest BCUT2D eigenvalue weighted by atomic mass is 16.5. The first-order valence-electron chi connectivity index (χ1n) is 9.58. The summed E-state index contributed by atoms with van der Waals surface area (Å²) >= 11 is 0. The molecule has 0 spiro atoms. The highest BCUT2D eigenvalue weighted by Crippen LogP contribution is 2.28. The van der Waals surface area contributed by atoms with Crippen molar-refractivity contribution < 1.29 is 9.53 Å². The Bertz CT molecular complexity index is 1050. The lowest BCUT2D eigenvalue weighted by molar-refractivity contribution is 0.102. The van der Waals surface area contributed by atoms with Gasteiger partial charge in [-0.25, -0.2) is 9.97 Å². The molecule has 0 saturated heterocycles. The summed E-state index contributed by atoms with van der Waals surface area (Å²) in [7, 11) is 1.61. The summed E-state index contributed by atoms with van der Waals surface area (Å²) in [5, 5.41) is 6.19. The highest BCUT2D eigenvalue weighted by Gasteiger charge is 2.15. The Labute approximate surface area is 171 Å². The Morgan fingerprint density at radius 2 is 1.86 bits per heavy atom. The summed E-state index contributed by atoms with van der Waals surface area (Å²) in [4.78, 5) is 21.8. The van der Waals surface area contributed by atoms with Crippen LogP contribution in [0.2, 0.25) is 0 Å². The van der Waals surface area contributed by atoms with Gasteiger partial charge < -0.3 is 15.4 Å². The Hall–Kier alpha value is -3.41. The van der Waals surface area contributed by atoms with Crippen molar-refractivity contribution in [2.45, 2.75) is 34.1 Å². The van der Waals surface area contributed by atoms with Crippen molar-refractivity contribution >= 4 is 23.2 Å². The molecule has 1 aromatic heterocycles. The van der Waals surface area contributed by atoms with Crippen LogP contribution in [-0.4, -0.2) is 23.0 Å². The molecule has 0 unspecified atom stereocenters. The number of para-hydroxylation sites is 1. The van der Waals surface area contributed by atoms with Crippen LogP contribution in [0, 0.1) is 20.8 Å². The SMILES string of the molecule is CCc1cccc(C)c1NC(=O)c1cc(C)nc(Nc2cc(C)ccc2OC)n1. The lowest BCUT2D eigenvalue weighted by Gasteiger charge is -2.14. The standard InChI is InChI=1S/C23H26N4O2/c1-6-17-9-7-8-15(3)21(17)27-22(28)19-13-16(4)24-23(26-19)25-18-12-14(2)10-11-20(18)29-5/h7-13H,6H2,1-5H3,(H,27,28)(H,24,25,26). The highest BCUT2D eigenvalue weighted by molar-refractivity contribution is 6.04. The van der Waals surface area contributed by atoms with Gasteiger partial charge in [0.15, 0.2) is 0 Å². The summed E-state index contributed by atoms with van der Waals surface area (Å²) in [6, 6.07) is 13.5. The first-order valence-corrected chi connectivity index (χ1v) is 9.58. The maximum Gasteiger partial charge on any atom is 0.274 e. The average Bonchev–Trinajstić information content (AvgIpc) is 2.69. The molecule has 150 valence electrons. The number of nitrogens with one attached hydrogen (secondary N) is 2. The quantitative estimate of drug-likeness (QED) is 0.621. The summed E-state index contributed by atoms with van der Waals surface area (Å²) in [5.41, 5.74) is 5.77. The molecule has 3 rings (SSSR count). The molecule has 0 aliphatic carbocycles. The molecule has 6 heteroatoms. The van der Waals surface area contributed by atoms with Gasteiger partial charge in [-0.1, -0.05) is 31.2 Å². The van der Waals surface area contributed by atoms with Crippen molar-refractivity contribution in [3.63, 3.8) is 0 Å². The van der Waals surface area contributed by atoms with Gasteiger partial charge in [0.25, 0.3) is 5.91 Å². The summed E-state index contributed by atoms with van der Waals surface area (Å²) in [6.07, 6.45) is 0.833. The van der Waals surface area contributed by atoms with E-state index in [2.05, 4.69) is 27.5 Å². The second-order valence-electron chi connectivity index (χ2n) is 6.96. The van der Waals surface area contributed by atoms with E-state index in [9.17, 15) is 4.79 Å². The van der Waals surface area contributed by atoms with E-state index in [0.717, 1.165) is 34.5 Å². The number of anilines is 3. The second kappa shape index (κ2) is 8.73. The lowest BCUT2D eigenvalue weighted by Crippen LogP contribution is -2.17. The first-order chi connectivity index (χ1) is 13.9. The van der Waals surface area contributed by atoms with E-state index in [1.807, 2.05) is 57.2 Å². The molecule has 3 aromatic rings. The van der Waals surface area contributed by atoms with Crippen LogP contribution in [0.3, 0.4) is 0 Å². The van der Waals surface area contributed by atoms with E-state index in [1.165, 1.54) is 0 Å². The molecule has 6 nitrogen and oxygen atoms in total. The molecule has 29 heavy (non-hydrogen) atoms. The molecule has 0 aliphatic rings. The number of aromatic nitrogens is 2. The molecule has 0 fully saturated rings. The van der Waals surface area contributed by atoms with E-state index in [0.29, 0.717) is 23.1 Å². The van der Waals surface area contributed by atoms with Gasteiger partial charge in [-0.3, -0.25) is 4.79 Å². The number of ether oxygens (including phenoxy) is 1. The number of carbonyl (C=O) groups excluding carboxylic acids is 1. The van der Waals surface area contributed by atoms with E-state index in [-0.39, 0.29) is 5.91 Å². The number of rotatable bonds is 6. The van der Waals surface area contributed by atoms with Gasteiger partial charge in [-0.2, -0.15) is 0 Å². The molecule has 1 amide bonds. The number of carbonyl (C=O) groups is 1. The predicted octanol–water partition coefficient (Wildman–Crippen LogP) is 4.97. The van der Waals surface area contributed by atoms with Crippen LogP contribution in [0.4, 0.5) is 17.3 Å². The van der Waals surface area contributed by atoms with Crippen LogP contribution in [0.1, 0.15) is 39.8 Å². The van der Waals surface area contributed by atoms with Crippen molar-refractivity contribution in [1.82, 2.24) is 9.97 Å². The fraction of sp³-hybridized carbons (Fsp3) is 0.261. The Morgan fingerprint density at radius 1 is 1.07 bits per heavy atom. The van der Waals surface area contributed by atoms with Gasteiger partial charge in [0.1, 0.15) is 11.4 Å². The number of methoxy groups -OCH3 is 1. The van der Waals surface area contributed by atoms with Gasteiger partial charge >= 0.3 is 0 Å². The average molecular weight is 390 g/mol. The number of amides is 1. The van der Waals surface area contributed by atoms with Crippen molar-refractivity contribution in [2.75, 3.05) is 17.7 Å². The van der Waals surface area contributed by atoms with Crippen molar-refractivity contribution in [2.24, 2.45) is 0 Å². The van der Waals surface area contributed by atoms with Crippen molar-refractivity contribution in [3.8, 4) is 5.75 Å². The van der Waals surface area contributed by atoms with Crippen LogP contribution in [0.15, 0.2) is 42.5 Å². The molecule has 1 heterocycles. The first kappa shape index (κ1) is 20.3. The Balaban J connectivity index is 1.90. The molecule has 0 saturated carbocycles. The minimum Gasteiger partial charge on any atom is -0.495 e. The normalized spacial score (nSPS) is 10.5. The monoisotopic (exact) mass is 390 g/mol. The molecule has 2 aromatic carbocycles. The minimum absolute atomic E-state index is 0.265. The maximum absolute atomic E-state index is 12.9. The number of hydrogen-bond acceptors (Lipinski definition) is 5. The molecule has 0 bridgehead atoms. The van der Waals surface area contributed by atoms with E-state index >= 15 is 0 Å². The lowest BCUT2D eigenvalue weighted by atomic mass is 10.1. The number of benzene rings is 2. The minimum atomic E-state index is -0.265. The molecule has 0 atom stereocenters. The van der Waals surface area contributed by atoms with Crippen LogP contribution in [-0.2, 0) is 6.42 Å². The van der Waals surface area contributed by atoms with E-state index in [4.69, 9.17) is 4.74 Å². The molecule has 2 N–H and O–H groups in total. The number of aryl methyl sites for hydroxylation is 4. The third-order valence-corrected chi connectivity index (χ3v) is 4.67. The number of hydrogen-bond donors (Lipinski definition) is 2. The molecule has 0 radical (unpaired) electrons. The summed E-state index contributed by atoms with van der Waals surface area (Å²) in [5.74, 6) is 0.762.